The minimum atomic E-state index is -4.44. The van der Waals surface area contributed by atoms with Crippen molar-refractivity contribution < 1.29 is 13.2 Å². The standard InChI is InChI=1S/C11H13ClF3N3/c12-7-1-3-8(4-2-7)16-10-6-5-9(17-18-10)11(13,14)15/h5-8H,1-4H2,(H,16,18). The number of nitrogens with zero attached hydrogens (tertiary/aromatic N) is 2. The van der Waals surface area contributed by atoms with Gasteiger partial charge in [0.2, 0.25) is 0 Å². The van der Waals surface area contributed by atoms with Crippen molar-refractivity contribution in [3.63, 3.8) is 0 Å². The van der Waals surface area contributed by atoms with Crippen LogP contribution >= 0.6 is 11.6 Å². The van der Waals surface area contributed by atoms with Crippen molar-refractivity contribution in [3.8, 4) is 0 Å². The van der Waals surface area contributed by atoms with Crippen LogP contribution in [0, 0.1) is 0 Å². The normalized spacial score (nSPS) is 24.9. The van der Waals surface area contributed by atoms with E-state index in [0.29, 0.717) is 5.82 Å². The Labute approximate surface area is 108 Å². The van der Waals surface area contributed by atoms with E-state index >= 15 is 0 Å². The molecule has 100 valence electrons. The fraction of sp³-hybridized carbons (Fsp3) is 0.636. The molecule has 1 heterocycles. The van der Waals surface area contributed by atoms with Gasteiger partial charge >= 0.3 is 6.18 Å². The third-order valence-corrected chi connectivity index (χ3v) is 3.40. The first-order valence-corrected chi connectivity index (χ1v) is 6.20. The number of halogens is 4. The second-order valence-electron chi connectivity index (χ2n) is 4.39. The molecule has 1 aliphatic carbocycles. The van der Waals surface area contributed by atoms with Crippen LogP contribution in [0.5, 0.6) is 0 Å². The van der Waals surface area contributed by atoms with Crippen molar-refractivity contribution in [1.29, 1.82) is 0 Å². The molecule has 1 N–H and O–H groups in total. The maximum absolute atomic E-state index is 12.3. The molecule has 18 heavy (non-hydrogen) atoms. The molecule has 0 atom stereocenters. The first-order valence-electron chi connectivity index (χ1n) is 5.76. The smallest absolute Gasteiger partial charge is 0.366 e. The van der Waals surface area contributed by atoms with Crippen LogP contribution in [0.3, 0.4) is 0 Å². The quantitative estimate of drug-likeness (QED) is 0.843. The zero-order valence-electron chi connectivity index (χ0n) is 9.54. The Bertz CT molecular complexity index is 386. The van der Waals surface area contributed by atoms with E-state index in [1.807, 2.05) is 0 Å². The fourth-order valence-electron chi connectivity index (χ4n) is 1.97. The lowest BCUT2D eigenvalue weighted by Gasteiger charge is -2.26. The molecule has 1 aromatic heterocycles. The van der Waals surface area contributed by atoms with Crippen molar-refractivity contribution in [1.82, 2.24) is 10.2 Å². The second-order valence-corrected chi connectivity index (χ2v) is 5.01. The van der Waals surface area contributed by atoms with Crippen molar-refractivity contribution in [2.24, 2.45) is 0 Å². The highest BCUT2D eigenvalue weighted by Gasteiger charge is 2.33. The average Bonchev–Trinajstić information content (AvgIpc) is 2.32. The van der Waals surface area contributed by atoms with Gasteiger partial charge < -0.3 is 5.32 Å². The predicted molar refractivity (Wildman–Crippen MR) is 62.6 cm³/mol. The Balaban J connectivity index is 1.94. The lowest BCUT2D eigenvalue weighted by molar-refractivity contribution is -0.141. The van der Waals surface area contributed by atoms with Gasteiger partial charge in [-0.05, 0) is 37.8 Å². The second kappa shape index (κ2) is 5.30. The lowest BCUT2D eigenvalue weighted by atomic mass is 9.95. The number of nitrogens with one attached hydrogen (secondary N) is 1. The minimum absolute atomic E-state index is 0.210. The van der Waals surface area contributed by atoms with E-state index in [-0.39, 0.29) is 11.4 Å². The molecule has 1 fully saturated rings. The van der Waals surface area contributed by atoms with Crippen LogP contribution < -0.4 is 5.32 Å². The van der Waals surface area contributed by atoms with Crippen molar-refractivity contribution in [2.75, 3.05) is 5.32 Å². The molecule has 1 saturated carbocycles. The van der Waals surface area contributed by atoms with E-state index in [4.69, 9.17) is 11.6 Å². The number of aromatic nitrogens is 2. The van der Waals surface area contributed by atoms with E-state index in [1.165, 1.54) is 6.07 Å². The Morgan fingerprint density at radius 1 is 1.11 bits per heavy atom. The van der Waals surface area contributed by atoms with Gasteiger partial charge in [-0.1, -0.05) is 0 Å². The summed E-state index contributed by atoms with van der Waals surface area (Å²) in [5, 5.41) is 10.0. The third-order valence-electron chi connectivity index (χ3n) is 2.96. The van der Waals surface area contributed by atoms with Gasteiger partial charge in [-0.25, -0.2) is 0 Å². The molecular weight excluding hydrogens is 267 g/mol. The summed E-state index contributed by atoms with van der Waals surface area (Å²) in [5.41, 5.74) is -0.975. The van der Waals surface area contributed by atoms with Crippen LogP contribution in [0.4, 0.5) is 19.0 Å². The van der Waals surface area contributed by atoms with Crippen molar-refractivity contribution >= 4 is 17.4 Å². The number of rotatable bonds is 2. The first kappa shape index (κ1) is 13.4. The molecular formula is C11H13ClF3N3. The van der Waals surface area contributed by atoms with Crippen LogP contribution in [-0.2, 0) is 6.18 Å². The first-order chi connectivity index (χ1) is 8.45. The average molecular weight is 280 g/mol. The van der Waals surface area contributed by atoms with E-state index in [0.717, 1.165) is 31.7 Å². The van der Waals surface area contributed by atoms with Crippen LogP contribution in [0.2, 0.25) is 0 Å². The Kier molecular flexibility index (Phi) is 3.94. The van der Waals surface area contributed by atoms with Crippen LogP contribution in [-0.4, -0.2) is 21.6 Å². The molecule has 7 heteroatoms. The van der Waals surface area contributed by atoms with Gasteiger partial charge in [-0.3, -0.25) is 0 Å². The van der Waals surface area contributed by atoms with Gasteiger partial charge in [0.1, 0.15) is 5.82 Å². The van der Waals surface area contributed by atoms with Gasteiger partial charge in [-0.2, -0.15) is 13.2 Å². The molecule has 0 bridgehead atoms. The van der Waals surface area contributed by atoms with Crippen LogP contribution in [0.15, 0.2) is 12.1 Å². The zero-order valence-corrected chi connectivity index (χ0v) is 10.3. The Morgan fingerprint density at radius 2 is 1.78 bits per heavy atom. The summed E-state index contributed by atoms with van der Waals surface area (Å²) < 4.78 is 36.9. The van der Waals surface area contributed by atoms with Gasteiger partial charge in [0.05, 0.1) is 0 Å². The molecule has 0 saturated heterocycles. The zero-order chi connectivity index (χ0) is 13.2. The highest BCUT2D eigenvalue weighted by atomic mass is 35.5. The summed E-state index contributed by atoms with van der Waals surface area (Å²) in [7, 11) is 0. The van der Waals surface area contributed by atoms with E-state index in [9.17, 15) is 13.2 Å². The van der Waals surface area contributed by atoms with Gasteiger partial charge in [-0.15, -0.1) is 21.8 Å². The highest BCUT2D eigenvalue weighted by molar-refractivity contribution is 6.20. The highest BCUT2D eigenvalue weighted by Crippen LogP contribution is 2.28. The van der Waals surface area contributed by atoms with Crippen LogP contribution in [0.1, 0.15) is 31.4 Å². The molecule has 0 unspecified atom stereocenters. The number of anilines is 1. The van der Waals surface area contributed by atoms with E-state index < -0.39 is 11.9 Å². The topological polar surface area (TPSA) is 37.8 Å². The molecule has 0 aliphatic heterocycles. The Hall–Kier alpha value is -1.04. The summed E-state index contributed by atoms with van der Waals surface area (Å²) in [4.78, 5) is 0. The van der Waals surface area contributed by atoms with Crippen molar-refractivity contribution in [3.05, 3.63) is 17.8 Å². The summed E-state index contributed by atoms with van der Waals surface area (Å²) in [5.74, 6) is 0.376. The van der Waals surface area contributed by atoms with Gasteiger partial charge in [0.15, 0.2) is 5.69 Å². The molecule has 0 amide bonds. The number of hydrogen-bond donors (Lipinski definition) is 1. The lowest BCUT2D eigenvalue weighted by Crippen LogP contribution is -2.27. The summed E-state index contributed by atoms with van der Waals surface area (Å²) >= 11 is 5.98. The monoisotopic (exact) mass is 279 g/mol. The molecule has 1 aromatic rings. The van der Waals surface area contributed by atoms with E-state index in [2.05, 4.69) is 15.5 Å². The molecule has 0 spiro atoms. The minimum Gasteiger partial charge on any atom is -0.366 e. The van der Waals surface area contributed by atoms with Crippen LogP contribution in [0.25, 0.3) is 0 Å². The molecule has 3 nitrogen and oxygen atoms in total. The molecule has 1 aliphatic rings. The number of alkyl halides is 4. The SMILES string of the molecule is FC(F)(F)c1ccc(NC2CCC(Cl)CC2)nn1. The summed E-state index contributed by atoms with van der Waals surface area (Å²) in [6.45, 7) is 0. The maximum atomic E-state index is 12.3. The molecule has 0 radical (unpaired) electrons. The largest absolute Gasteiger partial charge is 0.435 e. The van der Waals surface area contributed by atoms with Gasteiger partial charge in [0, 0.05) is 11.4 Å². The maximum Gasteiger partial charge on any atom is 0.435 e. The van der Waals surface area contributed by atoms with Crippen molar-refractivity contribution in [2.45, 2.75) is 43.3 Å². The predicted octanol–water partition coefficient (Wildman–Crippen LogP) is 3.46. The molecule has 2 rings (SSSR count). The summed E-state index contributed by atoms with van der Waals surface area (Å²) in [6.07, 6.45) is -0.823. The fourth-order valence-corrected chi connectivity index (χ4v) is 2.22. The third kappa shape index (κ3) is 3.48. The molecule has 0 aromatic carbocycles. The summed E-state index contributed by atoms with van der Waals surface area (Å²) in [6, 6.07) is 2.46. The Morgan fingerprint density at radius 3 is 2.28 bits per heavy atom. The van der Waals surface area contributed by atoms with Gasteiger partial charge in [0.25, 0.3) is 0 Å². The number of hydrogen-bond acceptors (Lipinski definition) is 3. The van der Waals surface area contributed by atoms with E-state index in [1.54, 1.807) is 0 Å².